The topological polar surface area (TPSA) is 69.6 Å². The van der Waals surface area contributed by atoms with E-state index in [-0.39, 0.29) is 12.6 Å². The molecule has 0 saturated heterocycles. The number of carbonyl (C=O) groups excluding carboxylic acids is 1. The van der Waals surface area contributed by atoms with E-state index in [9.17, 15) is 14.7 Å². The second kappa shape index (κ2) is 6.02. The Morgan fingerprint density at radius 1 is 1.30 bits per heavy atom. The van der Waals surface area contributed by atoms with E-state index in [0.717, 1.165) is 32.2 Å². The molecule has 5 heteroatoms. The molecule has 114 valence electrons. The summed E-state index contributed by atoms with van der Waals surface area (Å²) in [6.07, 6.45) is 5.39. The van der Waals surface area contributed by atoms with Gasteiger partial charge in [0.15, 0.2) is 0 Å². The molecule has 0 atom stereocenters. The molecule has 0 aromatic carbocycles. The first-order valence-electron chi connectivity index (χ1n) is 7.72. The maximum atomic E-state index is 12.3. The van der Waals surface area contributed by atoms with Gasteiger partial charge < -0.3 is 15.3 Å². The van der Waals surface area contributed by atoms with Gasteiger partial charge in [-0.05, 0) is 31.6 Å². The quantitative estimate of drug-likeness (QED) is 0.786. The molecule has 2 aliphatic rings. The van der Waals surface area contributed by atoms with Crippen molar-refractivity contribution in [1.29, 1.82) is 0 Å². The molecule has 2 aliphatic carbocycles. The van der Waals surface area contributed by atoms with Gasteiger partial charge in [0.25, 0.3) is 0 Å². The van der Waals surface area contributed by atoms with Gasteiger partial charge in [-0.1, -0.05) is 26.7 Å². The number of nitrogens with one attached hydrogen (secondary N) is 1. The summed E-state index contributed by atoms with van der Waals surface area (Å²) in [5.74, 6) is -0.335. The number of hydrogen-bond acceptors (Lipinski definition) is 2. The van der Waals surface area contributed by atoms with Gasteiger partial charge in [-0.3, -0.25) is 4.79 Å². The van der Waals surface area contributed by atoms with Crippen LogP contribution in [0.3, 0.4) is 0 Å². The highest BCUT2D eigenvalue weighted by molar-refractivity contribution is 5.78. The number of nitrogens with zero attached hydrogens (tertiary/aromatic N) is 1. The van der Waals surface area contributed by atoms with E-state index >= 15 is 0 Å². The minimum Gasteiger partial charge on any atom is -0.481 e. The maximum absolute atomic E-state index is 12.3. The van der Waals surface area contributed by atoms with Crippen molar-refractivity contribution in [3.63, 3.8) is 0 Å². The highest BCUT2D eigenvalue weighted by atomic mass is 16.4. The summed E-state index contributed by atoms with van der Waals surface area (Å²) in [5, 5.41) is 12.3. The third kappa shape index (κ3) is 3.44. The summed E-state index contributed by atoms with van der Waals surface area (Å²) in [7, 11) is 0. The van der Waals surface area contributed by atoms with Crippen molar-refractivity contribution < 1.29 is 14.7 Å². The lowest BCUT2D eigenvalue weighted by atomic mass is 9.86. The van der Waals surface area contributed by atoms with Gasteiger partial charge in [0.2, 0.25) is 0 Å². The molecule has 2 fully saturated rings. The number of rotatable bonds is 6. The van der Waals surface area contributed by atoms with E-state index in [1.807, 2.05) is 4.90 Å². The highest BCUT2D eigenvalue weighted by Crippen LogP contribution is 2.38. The summed E-state index contributed by atoms with van der Waals surface area (Å²) in [6.45, 7) is 5.20. The fourth-order valence-electron chi connectivity index (χ4n) is 3.04. The van der Waals surface area contributed by atoms with E-state index in [2.05, 4.69) is 19.2 Å². The van der Waals surface area contributed by atoms with Gasteiger partial charge >= 0.3 is 12.0 Å². The molecule has 0 heterocycles. The summed E-state index contributed by atoms with van der Waals surface area (Å²) in [4.78, 5) is 25.7. The number of amides is 2. The molecule has 0 aromatic rings. The zero-order valence-electron chi connectivity index (χ0n) is 12.5. The van der Waals surface area contributed by atoms with Crippen LogP contribution in [-0.2, 0) is 4.79 Å². The van der Waals surface area contributed by atoms with Crippen LogP contribution in [0.2, 0.25) is 0 Å². The fraction of sp³-hybridized carbons (Fsp3) is 0.867. The molecule has 2 N–H and O–H groups in total. The van der Waals surface area contributed by atoms with Gasteiger partial charge in [-0.25, -0.2) is 4.79 Å². The number of carboxylic acids is 1. The number of carbonyl (C=O) groups is 2. The predicted molar refractivity (Wildman–Crippen MR) is 76.5 cm³/mol. The van der Waals surface area contributed by atoms with Crippen LogP contribution in [0, 0.1) is 11.3 Å². The fourth-order valence-corrected chi connectivity index (χ4v) is 3.04. The van der Waals surface area contributed by atoms with Crippen LogP contribution in [0.5, 0.6) is 0 Å². The van der Waals surface area contributed by atoms with E-state index in [4.69, 9.17) is 0 Å². The van der Waals surface area contributed by atoms with Crippen LogP contribution in [-0.4, -0.2) is 41.1 Å². The zero-order valence-corrected chi connectivity index (χ0v) is 12.5. The number of hydrogen-bond donors (Lipinski definition) is 2. The molecule has 20 heavy (non-hydrogen) atoms. The summed E-state index contributed by atoms with van der Waals surface area (Å²) >= 11 is 0. The highest BCUT2D eigenvalue weighted by Gasteiger charge is 2.42. The van der Waals surface area contributed by atoms with Crippen molar-refractivity contribution in [2.45, 2.75) is 58.4 Å². The van der Waals surface area contributed by atoms with Crippen molar-refractivity contribution in [3.05, 3.63) is 0 Å². The molecular formula is C15H26N2O3. The Balaban J connectivity index is 1.91. The Kier molecular flexibility index (Phi) is 4.55. The summed E-state index contributed by atoms with van der Waals surface area (Å²) in [6, 6.07) is 0.274. The van der Waals surface area contributed by atoms with E-state index in [1.165, 1.54) is 0 Å². The minimum atomic E-state index is -0.767. The Morgan fingerprint density at radius 2 is 1.90 bits per heavy atom. The average molecular weight is 282 g/mol. The monoisotopic (exact) mass is 282 g/mol. The molecule has 0 aromatic heterocycles. The Morgan fingerprint density at radius 3 is 2.35 bits per heavy atom. The standard InChI is InChI=1S/C15H26N2O3/c1-11(2)9-17(12-5-6-12)14(20)16-10-15(13(18)19)7-3-4-8-15/h11-12H,3-10H2,1-2H3,(H,16,20)(H,18,19). The third-order valence-electron chi connectivity index (χ3n) is 4.40. The van der Waals surface area contributed by atoms with Gasteiger partial charge in [0.1, 0.15) is 0 Å². The van der Waals surface area contributed by atoms with E-state index < -0.39 is 11.4 Å². The van der Waals surface area contributed by atoms with Crippen molar-refractivity contribution in [3.8, 4) is 0 Å². The van der Waals surface area contributed by atoms with Gasteiger partial charge in [-0.2, -0.15) is 0 Å². The van der Waals surface area contributed by atoms with Crippen LogP contribution >= 0.6 is 0 Å². The molecule has 5 nitrogen and oxygen atoms in total. The lowest BCUT2D eigenvalue weighted by Crippen LogP contribution is -2.48. The average Bonchev–Trinajstić information content (AvgIpc) is 3.10. The van der Waals surface area contributed by atoms with Crippen molar-refractivity contribution >= 4 is 12.0 Å². The van der Waals surface area contributed by atoms with Gasteiger partial charge in [0, 0.05) is 19.1 Å². The normalized spacial score (nSPS) is 20.9. The van der Waals surface area contributed by atoms with Crippen molar-refractivity contribution in [1.82, 2.24) is 10.2 Å². The van der Waals surface area contributed by atoms with Crippen LogP contribution in [0.15, 0.2) is 0 Å². The van der Waals surface area contributed by atoms with Crippen molar-refractivity contribution in [2.75, 3.05) is 13.1 Å². The van der Waals surface area contributed by atoms with E-state index in [1.54, 1.807) is 0 Å². The van der Waals surface area contributed by atoms with E-state index in [0.29, 0.717) is 24.8 Å². The number of urea groups is 1. The van der Waals surface area contributed by atoms with Gasteiger partial charge in [-0.15, -0.1) is 0 Å². The molecule has 0 radical (unpaired) electrons. The maximum Gasteiger partial charge on any atom is 0.317 e. The first kappa shape index (κ1) is 15.1. The summed E-state index contributed by atoms with van der Waals surface area (Å²) in [5.41, 5.74) is -0.733. The molecule has 0 aliphatic heterocycles. The van der Waals surface area contributed by atoms with Crippen LogP contribution < -0.4 is 5.32 Å². The molecule has 0 unspecified atom stereocenters. The third-order valence-corrected chi connectivity index (χ3v) is 4.40. The predicted octanol–water partition coefficient (Wildman–Crippen LogP) is 2.46. The second-order valence-electron chi connectivity index (χ2n) is 6.73. The molecule has 0 spiro atoms. The van der Waals surface area contributed by atoms with Crippen molar-refractivity contribution in [2.24, 2.45) is 11.3 Å². The largest absolute Gasteiger partial charge is 0.481 e. The first-order chi connectivity index (χ1) is 9.44. The Bertz CT molecular complexity index is 371. The first-order valence-corrected chi connectivity index (χ1v) is 7.72. The molecular weight excluding hydrogens is 256 g/mol. The number of carboxylic acid groups (broad SMARTS) is 1. The molecule has 0 bridgehead atoms. The van der Waals surface area contributed by atoms with Crippen LogP contribution in [0.4, 0.5) is 4.79 Å². The lowest BCUT2D eigenvalue weighted by Gasteiger charge is -2.28. The smallest absolute Gasteiger partial charge is 0.317 e. The Labute approximate surface area is 120 Å². The number of aliphatic carboxylic acids is 1. The minimum absolute atomic E-state index is 0.0891. The molecule has 2 amide bonds. The SMILES string of the molecule is CC(C)CN(C(=O)NCC1(C(=O)O)CCCC1)C1CC1. The summed E-state index contributed by atoms with van der Waals surface area (Å²) < 4.78 is 0. The molecule has 2 saturated carbocycles. The Hall–Kier alpha value is -1.26. The van der Waals surface area contributed by atoms with Gasteiger partial charge in [0.05, 0.1) is 5.41 Å². The molecule has 2 rings (SSSR count). The zero-order chi connectivity index (χ0) is 14.8. The van der Waals surface area contributed by atoms with Crippen LogP contribution in [0.1, 0.15) is 52.4 Å². The van der Waals surface area contributed by atoms with Crippen LogP contribution in [0.25, 0.3) is 0 Å². The lowest BCUT2D eigenvalue weighted by molar-refractivity contribution is -0.148. The second-order valence-corrected chi connectivity index (χ2v) is 6.73.